The van der Waals surface area contributed by atoms with Gasteiger partial charge in [0.25, 0.3) is 0 Å². The Morgan fingerprint density at radius 1 is 1.53 bits per heavy atom. The van der Waals surface area contributed by atoms with Crippen molar-refractivity contribution in [1.82, 2.24) is 5.32 Å². The Kier molecular flexibility index (Phi) is 3.12. The molecule has 0 aromatic heterocycles. The first-order valence-corrected chi connectivity index (χ1v) is 5.34. The molecule has 1 fully saturated rings. The Labute approximate surface area is 93.4 Å². The third-order valence-corrected chi connectivity index (χ3v) is 3.15. The molecule has 2 rings (SSSR count). The van der Waals surface area contributed by atoms with Gasteiger partial charge in [-0.05, 0) is 24.6 Å². The van der Waals surface area contributed by atoms with E-state index in [2.05, 4.69) is 5.32 Å². The number of hydrogen-bond donors (Lipinski definition) is 1. The lowest BCUT2D eigenvalue weighted by Crippen LogP contribution is -2.09. The Hall–Kier alpha value is -0.800. The summed E-state index contributed by atoms with van der Waals surface area (Å²) < 4.78 is 18.8. The van der Waals surface area contributed by atoms with Crippen molar-refractivity contribution >= 4 is 11.6 Å². The van der Waals surface area contributed by atoms with E-state index in [9.17, 15) is 4.39 Å². The normalized spacial score (nSPS) is 20.6. The van der Waals surface area contributed by atoms with E-state index in [0.717, 1.165) is 19.5 Å². The van der Waals surface area contributed by atoms with Crippen LogP contribution in [-0.2, 0) is 0 Å². The lowest BCUT2D eigenvalue weighted by atomic mass is 9.98. The van der Waals surface area contributed by atoms with E-state index in [1.54, 1.807) is 12.1 Å². The predicted molar refractivity (Wildman–Crippen MR) is 58.2 cm³/mol. The van der Waals surface area contributed by atoms with E-state index in [1.807, 2.05) is 0 Å². The Morgan fingerprint density at radius 3 is 2.93 bits per heavy atom. The summed E-state index contributed by atoms with van der Waals surface area (Å²) in [4.78, 5) is 0. The highest BCUT2D eigenvalue weighted by molar-refractivity contribution is 6.32. The van der Waals surface area contributed by atoms with Crippen LogP contribution in [0.3, 0.4) is 0 Å². The van der Waals surface area contributed by atoms with E-state index in [4.69, 9.17) is 16.3 Å². The van der Waals surface area contributed by atoms with Gasteiger partial charge in [-0.15, -0.1) is 0 Å². The van der Waals surface area contributed by atoms with Crippen molar-refractivity contribution in [2.24, 2.45) is 0 Å². The van der Waals surface area contributed by atoms with E-state index < -0.39 is 0 Å². The van der Waals surface area contributed by atoms with Gasteiger partial charge >= 0.3 is 0 Å². The van der Waals surface area contributed by atoms with E-state index in [1.165, 1.54) is 7.11 Å². The highest BCUT2D eigenvalue weighted by atomic mass is 35.5. The van der Waals surface area contributed by atoms with Crippen molar-refractivity contribution in [3.05, 3.63) is 28.5 Å². The third kappa shape index (κ3) is 1.94. The number of benzene rings is 1. The zero-order chi connectivity index (χ0) is 10.8. The molecule has 82 valence electrons. The minimum atomic E-state index is -0.343. The van der Waals surface area contributed by atoms with E-state index >= 15 is 0 Å². The van der Waals surface area contributed by atoms with Crippen molar-refractivity contribution in [3.8, 4) is 5.75 Å². The maximum Gasteiger partial charge on any atom is 0.149 e. The van der Waals surface area contributed by atoms with Gasteiger partial charge in [0.05, 0.1) is 7.11 Å². The molecule has 15 heavy (non-hydrogen) atoms. The fourth-order valence-electron chi connectivity index (χ4n) is 1.94. The van der Waals surface area contributed by atoms with Gasteiger partial charge in [0.15, 0.2) is 0 Å². The summed E-state index contributed by atoms with van der Waals surface area (Å²) in [6, 6.07) is 3.48. The van der Waals surface area contributed by atoms with Crippen molar-refractivity contribution in [2.75, 3.05) is 20.2 Å². The first kappa shape index (κ1) is 10.7. The summed E-state index contributed by atoms with van der Waals surface area (Å²) in [6.45, 7) is 1.76. The van der Waals surface area contributed by atoms with Gasteiger partial charge < -0.3 is 10.1 Å². The average Bonchev–Trinajstić information content (AvgIpc) is 2.75. The lowest BCUT2D eigenvalue weighted by Gasteiger charge is -2.12. The van der Waals surface area contributed by atoms with Crippen molar-refractivity contribution in [3.63, 3.8) is 0 Å². The topological polar surface area (TPSA) is 21.3 Å². The number of nitrogens with one attached hydrogen (secondary N) is 1. The molecular formula is C11H13ClFNO. The second kappa shape index (κ2) is 4.37. The van der Waals surface area contributed by atoms with Crippen LogP contribution in [0.5, 0.6) is 5.75 Å². The molecule has 0 radical (unpaired) electrons. The van der Waals surface area contributed by atoms with Gasteiger partial charge in [0, 0.05) is 12.5 Å². The van der Waals surface area contributed by atoms with Gasteiger partial charge in [-0.25, -0.2) is 4.39 Å². The van der Waals surface area contributed by atoms with E-state index in [-0.39, 0.29) is 16.8 Å². The Bertz CT molecular complexity index is 364. The minimum absolute atomic E-state index is 0.0851. The second-order valence-corrected chi connectivity index (χ2v) is 4.05. The molecule has 1 unspecified atom stereocenters. The molecule has 1 aromatic carbocycles. The van der Waals surface area contributed by atoms with Gasteiger partial charge in [-0.2, -0.15) is 0 Å². The van der Waals surface area contributed by atoms with Crippen LogP contribution in [0.2, 0.25) is 5.02 Å². The minimum Gasteiger partial charge on any atom is -0.495 e. The van der Waals surface area contributed by atoms with Crippen LogP contribution in [0.4, 0.5) is 4.39 Å². The largest absolute Gasteiger partial charge is 0.495 e. The summed E-state index contributed by atoms with van der Waals surface area (Å²) in [5, 5.41) is 3.29. The molecule has 1 aromatic rings. The van der Waals surface area contributed by atoms with Gasteiger partial charge in [0.2, 0.25) is 0 Å². The summed E-state index contributed by atoms with van der Waals surface area (Å²) in [5.74, 6) is 0.280. The van der Waals surface area contributed by atoms with Crippen LogP contribution in [-0.4, -0.2) is 20.2 Å². The van der Waals surface area contributed by atoms with Crippen LogP contribution in [0, 0.1) is 5.82 Å². The zero-order valence-corrected chi connectivity index (χ0v) is 9.27. The molecule has 0 amide bonds. The van der Waals surface area contributed by atoms with Crippen LogP contribution in [0.15, 0.2) is 12.1 Å². The first-order valence-electron chi connectivity index (χ1n) is 4.96. The molecular weight excluding hydrogens is 217 g/mol. The molecule has 1 heterocycles. The Balaban J connectivity index is 2.36. The maximum absolute atomic E-state index is 13.9. The van der Waals surface area contributed by atoms with Crippen molar-refractivity contribution in [2.45, 2.75) is 12.3 Å². The molecule has 0 saturated carbocycles. The molecule has 2 nitrogen and oxygen atoms in total. The fourth-order valence-corrected chi connectivity index (χ4v) is 2.19. The Morgan fingerprint density at radius 2 is 2.33 bits per heavy atom. The number of hydrogen-bond acceptors (Lipinski definition) is 2. The molecule has 1 aliphatic rings. The summed E-state index contributed by atoms with van der Waals surface area (Å²) in [5.41, 5.74) is 0.686. The van der Waals surface area contributed by atoms with Gasteiger partial charge in [-0.3, -0.25) is 0 Å². The maximum atomic E-state index is 13.9. The lowest BCUT2D eigenvalue weighted by molar-refractivity contribution is 0.410. The number of halogens is 2. The average molecular weight is 230 g/mol. The highest BCUT2D eigenvalue weighted by Crippen LogP contribution is 2.34. The van der Waals surface area contributed by atoms with Crippen LogP contribution < -0.4 is 10.1 Å². The predicted octanol–water partition coefficient (Wildman–Crippen LogP) is 2.56. The smallest absolute Gasteiger partial charge is 0.149 e. The van der Waals surface area contributed by atoms with Crippen LogP contribution in [0.1, 0.15) is 17.9 Å². The number of methoxy groups -OCH3 is 1. The molecule has 1 N–H and O–H groups in total. The first-order chi connectivity index (χ1) is 7.24. The van der Waals surface area contributed by atoms with Crippen molar-refractivity contribution in [1.29, 1.82) is 0 Å². The highest BCUT2D eigenvalue weighted by Gasteiger charge is 2.22. The zero-order valence-electron chi connectivity index (χ0n) is 8.52. The molecule has 4 heteroatoms. The van der Waals surface area contributed by atoms with Crippen LogP contribution >= 0.6 is 11.6 Å². The summed E-state index contributed by atoms with van der Waals surface area (Å²) in [6.07, 6.45) is 0.958. The SMILES string of the molecule is COc1ccc(C2CCNC2)c(F)c1Cl. The molecule has 0 bridgehead atoms. The molecule has 0 aliphatic carbocycles. The third-order valence-electron chi connectivity index (χ3n) is 2.80. The van der Waals surface area contributed by atoms with E-state index in [0.29, 0.717) is 11.3 Å². The van der Waals surface area contributed by atoms with Crippen molar-refractivity contribution < 1.29 is 9.13 Å². The standard InChI is InChI=1S/C11H13ClFNO/c1-15-9-3-2-8(11(13)10(9)12)7-4-5-14-6-7/h2-3,7,14H,4-6H2,1H3. The van der Waals surface area contributed by atoms with Crippen LogP contribution in [0.25, 0.3) is 0 Å². The van der Waals surface area contributed by atoms with Gasteiger partial charge in [0.1, 0.15) is 16.6 Å². The second-order valence-electron chi connectivity index (χ2n) is 3.67. The summed E-state index contributed by atoms with van der Waals surface area (Å²) in [7, 11) is 1.48. The molecule has 1 aliphatic heterocycles. The summed E-state index contributed by atoms with van der Waals surface area (Å²) >= 11 is 5.86. The molecule has 1 atom stereocenters. The monoisotopic (exact) mass is 229 g/mol. The molecule has 1 saturated heterocycles. The van der Waals surface area contributed by atoms with Gasteiger partial charge in [-0.1, -0.05) is 17.7 Å². The molecule has 0 spiro atoms. The number of ether oxygens (including phenoxy) is 1. The quantitative estimate of drug-likeness (QED) is 0.842. The fraction of sp³-hybridized carbons (Fsp3) is 0.455. The number of rotatable bonds is 2.